The molecule has 0 aliphatic carbocycles. The van der Waals surface area contributed by atoms with Gasteiger partial charge in [-0.2, -0.15) is 0 Å². The van der Waals surface area contributed by atoms with E-state index in [9.17, 15) is 0 Å². The lowest BCUT2D eigenvalue weighted by Crippen LogP contribution is -1.95. The molecule has 0 unspecified atom stereocenters. The van der Waals surface area contributed by atoms with Crippen LogP contribution in [-0.2, 0) is 5.88 Å². The van der Waals surface area contributed by atoms with Crippen LogP contribution in [0.4, 0.5) is 0 Å². The average Bonchev–Trinajstić information content (AvgIpc) is 2.21. The Balaban J connectivity index is 0.000000252. The monoisotopic (exact) mass is 199 g/mol. The van der Waals surface area contributed by atoms with Gasteiger partial charge in [0.2, 0.25) is 0 Å². The van der Waals surface area contributed by atoms with E-state index in [4.69, 9.17) is 17.3 Å². The Labute approximate surface area is 85.9 Å². The molecule has 13 heavy (non-hydrogen) atoms. The van der Waals surface area contributed by atoms with Crippen LogP contribution in [0.2, 0.25) is 0 Å². The van der Waals surface area contributed by atoms with E-state index in [1.807, 2.05) is 30.3 Å². The summed E-state index contributed by atoms with van der Waals surface area (Å²) in [5.74, 6) is 0.612. The molecule has 0 aromatic heterocycles. The van der Waals surface area contributed by atoms with Gasteiger partial charge in [0.25, 0.3) is 0 Å². The van der Waals surface area contributed by atoms with E-state index in [1.54, 1.807) is 0 Å². The van der Waals surface area contributed by atoms with Gasteiger partial charge in [-0.15, -0.1) is 11.6 Å². The zero-order chi connectivity index (χ0) is 9.94. The van der Waals surface area contributed by atoms with Crippen molar-refractivity contribution in [3.05, 3.63) is 35.9 Å². The maximum atomic E-state index is 5.53. The van der Waals surface area contributed by atoms with E-state index < -0.39 is 0 Å². The molecule has 0 saturated heterocycles. The maximum absolute atomic E-state index is 5.53. The van der Waals surface area contributed by atoms with Gasteiger partial charge < -0.3 is 5.73 Å². The summed E-state index contributed by atoms with van der Waals surface area (Å²) in [6.07, 6.45) is 2.39. The molecule has 0 aliphatic heterocycles. The molecule has 1 aromatic rings. The van der Waals surface area contributed by atoms with Gasteiger partial charge in [-0.3, -0.25) is 0 Å². The lowest BCUT2D eigenvalue weighted by molar-refractivity contribution is 0.807. The molecule has 1 rings (SSSR count). The van der Waals surface area contributed by atoms with E-state index in [1.165, 1.54) is 18.4 Å². The molecule has 2 heteroatoms. The second-order valence-electron chi connectivity index (χ2n) is 2.76. The molecule has 0 bridgehead atoms. The fraction of sp³-hybridized carbons (Fsp3) is 0.455. The molecule has 0 radical (unpaired) electrons. The number of benzene rings is 1. The van der Waals surface area contributed by atoms with Crippen molar-refractivity contribution in [3.8, 4) is 0 Å². The number of alkyl halides is 1. The molecule has 0 amide bonds. The van der Waals surface area contributed by atoms with Gasteiger partial charge in [-0.1, -0.05) is 43.7 Å². The normalized spacial score (nSPS) is 8.85. The summed E-state index contributed by atoms with van der Waals surface area (Å²) in [6.45, 7) is 2.98. The first-order valence-corrected chi connectivity index (χ1v) is 5.18. The molecule has 0 fully saturated rings. The molecule has 0 atom stereocenters. The second kappa shape index (κ2) is 9.56. The van der Waals surface area contributed by atoms with Crippen molar-refractivity contribution in [2.75, 3.05) is 6.54 Å². The van der Waals surface area contributed by atoms with Gasteiger partial charge >= 0.3 is 0 Å². The van der Waals surface area contributed by atoms with Gasteiger partial charge in [0.1, 0.15) is 0 Å². The van der Waals surface area contributed by atoms with Crippen LogP contribution in [-0.4, -0.2) is 6.54 Å². The van der Waals surface area contributed by atoms with E-state index in [0.29, 0.717) is 5.88 Å². The zero-order valence-corrected chi connectivity index (χ0v) is 8.93. The molecule has 1 aromatic carbocycles. The third kappa shape index (κ3) is 7.82. The minimum absolute atomic E-state index is 0.612. The molecule has 0 spiro atoms. The van der Waals surface area contributed by atoms with Gasteiger partial charge in [-0.05, 0) is 18.5 Å². The molecule has 2 N–H and O–H groups in total. The van der Waals surface area contributed by atoms with Gasteiger partial charge in [0, 0.05) is 5.88 Å². The van der Waals surface area contributed by atoms with Crippen LogP contribution in [0.25, 0.3) is 0 Å². The molecule has 0 saturated carbocycles. The maximum Gasteiger partial charge on any atom is 0.0474 e. The summed E-state index contributed by atoms with van der Waals surface area (Å²) in [6, 6.07) is 9.96. The van der Waals surface area contributed by atoms with Gasteiger partial charge in [-0.25, -0.2) is 0 Å². The van der Waals surface area contributed by atoms with E-state index in [0.717, 1.165) is 6.54 Å². The molecule has 74 valence electrons. The Bertz CT molecular complexity index is 185. The number of rotatable bonds is 3. The topological polar surface area (TPSA) is 26.0 Å². The number of hydrogen-bond donors (Lipinski definition) is 1. The van der Waals surface area contributed by atoms with Crippen LogP contribution in [0, 0.1) is 0 Å². The lowest BCUT2D eigenvalue weighted by Gasteiger charge is -1.88. The standard InChI is InChI=1S/C7H7Cl.C4H11N/c8-6-7-4-2-1-3-5-7;1-2-3-4-5/h1-5H,6H2;2-5H2,1H3. The highest BCUT2D eigenvalue weighted by Crippen LogP contribution is 2.00. The highest BCUT2D eigenvalue weighted by Gasteiger charge is 1.81. The Morgan fingerprint density at radius 2 is 1.85 bits per heavy atom. The molecule has 0 heterocycles. The van der Waals surface area contributed by atoms with Crippen molar-refractivity contribution >= 4 is 11.6 Å². The predicted octanol–water partition coefficient (Wildman–Crippen LogP) is 3.17. The first-order chi connectivity index (χ1) is 6.35. The van der Waals surface area contributed by atoms with Crippen molar-refractivity contribution < 1.29 is 0 Å². The van der Waals surface area contributed by atoms with Crippen LogP contribution in [0.1, 0.15) is 25.3 Å². The fourth-order valence-electron chi connectivity index (χ4n) is 0.771. The summed E-state index contributed by atoms with van der Waals surface area (Å²) >= 11 is 5.53. The highest BCUT2D eigenvalue weighted by atomic mass is 35.5. The van der Waals surface area contributed by atoms with Crippen molar-refractivity contribution in [1.82, 2.24) is 0 Å². The predicted molar refractivity (Wildman–Crippen MR) is 60.0 cm³/mol. The summed E-state index contributed by atoms with van der Waals surface area (Å²) in [7, 11) is 0. The van der Waals surface area contributed by atoms with Crippen molar-refractivity contribution in [1.29, 1.82) is 0 Å². The van der Waals surface area contributed by atoms with E-state index >= 15 is 0 Å². The van der Waals surface area contributed by atoms with Crippen LogP contribution in [0.3, 0.4) is 0 Å². The van der Waals surface area contributed by atoms with Crippen LogP contribution in [0.5, 0.6) is 0 Å². The Morgan fingerprint density at radius 3 is 2.08 bits per heavy atom. The first kappa shape index (κ1) is 12.5. The second-order valence-corrected chi connectivity index (χ2v) is 3.03. The smallest absolute Gasteiger partial charge is 0.0474 e. The van der Waals surface area contributed by atoms with Crippen LogP contribution < -0.4 is 5.73 Å². The Morgan fingerprint density at radius 1 is 1.23 bits per heavy atom. The van der Waals surface area contributed by atoms with Crippen LogP contribution >= 0.6 is 11.6 Å². The summed E-state index contributed by atoms with van der Waals surface area (Å²) in [5.41, 5.74) is 6.31. The number of unbranched alkanes of at least 4 members (excludes halogenated alkanes) is 1. The molecular weight excluding hydrogens is 182 g/mol. The number of hydrogen-bond acceptors (Lipinski definition) is 1. The van der Waals surface area contributed by atoms with Gasteiger partial charge in [0.15, 0.2) is 0 Å². The Hall–Kier alpha value is -0.530. The molecule has 1 nitrogen and oxygen atoms in total. The highest BCUT2D eigenvalue weighted by molar-refractivity contribution is 6.17. The van der Waals surface area contributed by atoms with E-state index in [2.05, 4.69) is 6.92 Å². The fourth-order valence-corrected chi connectivity index (χ4v) is 0.949. The molecular formula is C11H18ClN. The number of halogens is 1. The Kier molecular flexibility index (Phi) is 9.17. The van der Waals surface area contributed by atoms with Crippen molar-refractivity contribution in [2.45, 2.75) is 25.6 Å². The third-order valence-electron chi connectivity index (χ3n) is 1.55. The number of nitrogens with two attached hydrogens (primary N) is 1. The summed E-state index contributed by atoms with van der Waals surface area (Å²) < 4.78 is 0. The lowest BCUT2D eigenvalue weighted by atomic mass is 10.2. The quantitative estimate of drug-likeness (QED) is 0.744. The molecule has 0 aliphatic rings. The van der Waals surface area contributed by atoms with Crippen LogP contribution in [0.15, 0.2) is 30.3 Å². The summed E-state index contributed by atoms with van der Waals surface area (Å²) in [5, 5.41) is 0. The van der Waals surface area contributed by atoms with Crippen molar-refractivity contribution in [3.63, 3.8) is 0 Å². The minimum atomic E-state index is 0.612. The van der Waals surface area contributed by atoms with Gasteiger partial charge in [0.05, 0.1) is 0 Å². The zero-order valence-electron chi connectivity index (χ0n) is 8.17. The third-order valence-corrected chi connectivity index (χ3v) is 1.86. The van der Waals surface area contributed by atoms with E-state index in [-0.39, 0.29) is 0 Å². The SMILES string of the molecule is CCCCN.ClCc1ccccc1. The summed E-state index contributed by atoms with van der Waals surface area (Å²) in [4.78, 5) is 0. The van der Waals surface area contributed by atoms with Crippen molar-refractivity contribution in [2.24, 2.45) is 5.73 Å². The minimum Gasteiger partial charge on any atom is -0.330 e. The largest absolute Gasteiger partial charge is 0.330 e. The first-order valence-electron chi connectivity index (χ1n) is 4.65. The average molecular weight is 200 g/mol.